The lowest BCUT2D eigenvalue weighted by atomic mass is 9.89. The van der Waals surface area contributed by atoms with Crippen molar-refractivity contribution in [3.05, 3.63) is 0 Å². The molecule has 56 heavy (non-hydrogen) atoms. The van der Waals surface area contributed by atoms with E-state index in [1.54, 1.807) is 0 Å². The fourth-order valence-corrected chi connectivity index (χ4v) is 9.58. The molecule has 0 aromatic heterocycles. The molecule has 0 radical (unpaired) electrons. The van der Waals surface area contributed by atoms with Crippen LogP contribution >= 0.6 is 0 Å². The van der Waals surface area contributed by atoms with Gasteiger partial charge in [-0.3, -0.25) is 0 Å². The SMILES string of the molecule is CCCCCCCCCC(CCCCCCCCC)CCCCCCCCN(C)CCCCCCCCC(CCCCCCCCC)CCCCCCCCC. The van der Waals surface area contributed by atoms with Gasteiger partial charge >= 0.3 is 0 Å². The van der Waals surface area contributed by atoms with E-state index in [0.717, 1.165) is 11.8 Å². The molecular formula is C55H113N. The zero-order valence-corrected chi connectivity index (χ0v) is 40.5. The van der Waals surface area contributed by atoms with Crippen molar-refractivity contribution in [1.29, 1.82) is 0 Å². The quantitative estimate of drug-likeness (QED) is 0.0555. The van der Waals surface area contributed by atoms with Crippen LogP contribution in [-0.2, 0) is 0 Å². The number of hydrogen-bond donors (Lipinski definition) is 0. The first kappa shape index (κ1) is 56.0. The minimum Gasteiger partial charge on any atom is -0.306 e. The summed E-state index contributed by atoms with van der Waals surface area (Å²) in [7, 11) is 2.38. The summed E-state index contributed by atoms with van der Waals surface area (Å²) in [5, 5.41) is 0. The van der Waals surface area contributed by atoms with Crippen LogP contribution in [0.1, 0.15) is 323 Å². The molecule has 0 bridgehead atoms. The Balaban J connectivity index is 3.97. The Labute approximate surface area is 358 Å². The second-order valence-electron chi connectivity index (χ2n) is 19.5. The van der Waals surface area contributed by atoms with E-state index in [4.69, 9.17) is 0 Å². The van der Waals surface area contributed by atoms with Crippen molar-refractivity contribution in [2.75, 3.05) is 20.1 Å². The van der Waals surface area contributed by atoms with Crippen LogP contribution < -0.4 is 0 Å². The van der Waals surface area contributed by atoms with Crippen molar-refractivity contribution < 1.29 is 0 Å². The largest absolute Gasteiger partial charge is 0.306 e. The van der Waals surface area contributed by atoms with E-state index in [0.29, 0.717) is 0 Å². The number of unbranched alkanes of at least 4 members (excludes halogenated alkanes) is 34. The maximum atomic E-state index is 2.64. The van der Waals surface area contributed by atoms with Crippen LogP contribution in [0.25, 0.3) is 0 Å². The third-order valence-corrected chi connectivity index (χ3v) is 13.7. The molecule has 1 nitrogen and oxygen atoms in total. The molecule has 0 aliphatic carbocycles. The first-order valence-electron chi connectivity index (χ1n) is 27.4. The Kier molecular flexibility index (Phi) is 49.3. The van der Waals surface area contributed by atoms with E-state index in [2.05, 4.69) is 39.6 Å². The molecule has 0 amide bonds. The zero-order valence-electron chi connectivity index (χ0n) is 40.5. The van der Waals surface area contributed by atoms with E-state index in [-0.39, 0.29) is 0 Å². The van der Waals surface area contributed by atoms with Gasteiger partial charge in [0.15, 0.2) is 0 Å². The van der Waals surface area contributed by atoms with E-state index >= 15 is 0 Å². The van der Waals surface area contributed by atoms with Crippen molar-refractivity contribution in [2.24, 2.45) is 11.8 Å². The third-order valence-electron chi connectivity index (χ3n) is 13.7. The van der Waals surface area contributed by atoms with Gasteiger partial charge in [-0.25, -0.2) is 0 Å². The summed E-state index contributed by atoms with van der Waals surface area (Å²) in [6.07, 6.45) is 67.6. The van der Waals surface area contributed by atoms with Crippen LogP contribution in [-0.4, -0.2) is 25.0 Å². The van der Waals surface area contributed by atoms with Crippen molar-refractivity contribution in [2.45, 2.75) is 323 Å². The standard InChI is InChI=1S/C55H113N/c1-6-10-14-18-22-30-38-46-54(47-39-31-23-19-15-11-7-2)50-42-34-26-28-36-44-52-56(5)53-45-37-29-27-35-43-51-55(48-40-32-24-20-16-12-8-3)49-41-33-25-21-17-13-9-4/h54-55H,6-53H2,1-5H3. The molecule has 0 unspecified atom stereocenters. The Morgan fingerprint density at radius 1 is 0.214 bits per heavy atom. The molecule has 1 heteroatoms. The Morgan fingerprint density at radius 3 is 0.571 bits per heavy atom. The lowest BCUT2D eigenvalue weighted by Gasteiger charge is -2.18. The summed E-state index contributed by atoms with van der Waals surface area (Å²) in [5.41, 5.74) is 0. The minimum atomic E-state index is 1.02. The molecule has 0 aromatic carbocycles. The monoisotopic (exact) mass is 788 g/mol. The first-order chi connectivity index (χ1) is 27.7. The molecule has 0 aliphatic heterocycles. The highest BCUT2D eigenvalue weighted by atomic mass is 15.1. The molecule has 0 spiro atoms. The average molecular weight is 789 g/mol. The summed E-state index contributed by atoms with van der Waals surface area (Å²) in [6.45, 7) is 12.0. The highest BCUT2D eigenvalue weighted by molar-refractivity contribution is 4.64. The zero-order chi connectivity index (χ0) is 40.7. The maximum Gasteiger partial charge on any atom is -0.00218 e. The highest BCUT2D eigenvalue weighted by Crippen LogP contribution is 2.26. The molecular weight excluding hydrogens is 675 g/mol. The third kappa shape index (κ3) is 45.1. The second-order valence-corrected chi connectivity index (χ2v) is 19.5. The molecule has 0 fully saturated rings. The Morgan fingerprint density at radius 2 is 0.375 bits per heavy atom. The van der Waals surface area contributed by atoms with E-state index in [9.17, 15) is 0 Å². The molecule has 338 valence electrons. The van der Waals surface area contributed by atoms with E-state index in [1.807, 2.05) is 0 Å². The first-order valence-corrected chi connectivity index (χ1v) is 27.4. The van der Waals surface area contributed by atoms with Crippen LogP contribution in [0.2, 0.25) is 0 Å². The summed E-state index contributed by atoms with van der Waals surface area (Å²) in [4.78, 5) is 2.64. The van der Waals surface area contributed by atoms with Crippen molar-refractivity contribution in [3.63, 3.8) is 0 Å². The number of hydrogen-bond acceptors (Lipinski definition) is 1. The topological polar surface area (TPSA) is 3.24 Å². The van der Waals surface area contributed by atoms with Crippen molar-refractivity contribution >= 4 is 0 Å². The van der Waals surface area contributed by atoms with Gasteiger partial charge in [0.1, 0.15) is 0 Å². The number of rotatable bonds is 50. The molecule has 0 aromatic rings. The summed E-state index contributed by atoms with van der Waals surface area (Å²) in [5.74, 6) is 2.05. The van der Waals surface area contributed by atoms with Crippen molar-refractivity contribution in [3.8, 4) is 0 Å². The van der Waals surface area contributed by atoms with Gasteiger partial charge in [-0.2, -0.15) is 0 Å². The predicted octanol–water partition coefficient (Wildman–Crippen LogP) is 20.2. The highest BCUT2D eigenvalue weighted by Gasteiger charge is 2.10. The fourth-order valence-electron chi connectivity index (χ4n) is 9.58. The molecule has 0 saturated heterocycles. The van der Waals surface area contributed by atoms with Gasteiger partial charge in [0, 0.05) is 0 Å². The minimum absolute atomic E-state index is 1.02. The van der Waals surface area contributed by atoms with E-state index < -0.39 is 0 Å². The van der Waals surface area contributed by atoms with Gasteiger partial charge in [-0.05, 0) is 44.8 Å². The van der Waals surface area contributed by atoms with Gasteiger partial charge < -0.3 is 4.90 Å². The van der Waals surface area contributed by atoms with Gasteiger partial charge in [-0.15, -0.1) is 0 Å². The summed E-state index contributed by atoms with van der Waals surface area (Å²) >= 11 is 0. The lowest BCUT2D eigenvalue weighted by Crippen LogP contribution is -2.20. The Hall–Kier alpha value is -0.0400. The van der Waals surface area contributed by atoms with Crippen LogP contribution in [0.15, 0.2) is 0 Å². The van der Waals surface area contributed by atoms with Crippen LogP contribution in [0.5, 0.6) is 0 Å². The normalized spacial score (nSPS) is 12.0. The molecule has 0 heterocycles. The maximum absolute atomic E-state index is 2.64. The molecule has 0 atom stereocenters. The average Bonchev–Trinajstić information content (AvgIpc) is 3.20. The van der Waals surface area contributed by atoms with Crippen LogP contribution in [0, 0.1) is 11.8 Å². The lowest BCUT2D eigenvalue weighted by molar-refractivity contribution is 0.313. The Bertz CT molecular complexity index is 580. The van der Waals surface area contributed by atoms with Gasteiger partial charge in [-0.1, -0.05) is 310 Å². The number of nitrogens with zero attached hydrogens (tertiary/aromatic N) is 1. The predicted molar refractivity (Wildman–Crippen MR) is 260 cm³/mol. The van der Waals surface area contributed by atoms with Gasteiger partial charge in [0.2, 0.25) is 0 Å². The van der Waals surface area contributed by atoms with E-state index in [1.165, 1.54) is 308 Å². The molecule has 0 saturated carbocycles. The van der Waals surface area contributed by atoms with Crippen LogP contribution in [0.3, 0.4) is 0 Å². The van der Waals surface area contributed by atoms with Gasteiger partial charge in [0.05, 0.1) is 0 Å². The molecule has 0 rings (SSSR count). The molecule has 0 N–H and O–H groups in total. The van der Waals surface area contributed by atoms with Crippen molar-refractivity contribution in [1.82, 2.24) is 4.90 Å². The van der Waals surface area contributed by atoms with Gasteiger partial charge in [0.25, 0.3) is 0 Å². The summed E-state index contributed by atoms with van der Waals surface area (Å²) < 4.78 is 0. The smallest absolute Gasteiger partial charge is 0.00218 e. The second kappa shape index (κ2) is 49.3. The van der Waals surface area contributed by atoms with Crippen LogP contribution in [0.4, 0.5) is 0 Å². The fraction of sp³-hybridized carbons (Fsp3) is 1.00. The molecule has 0 aliphatic rings. The summed E-state index contributed by atoms with van der Waals surface area (Å²) in [6, 6.07) is 0.